The number of hydrogen-bond acceptors (Lipinski definition) is 3. The number of aryl methyl sites for hydroxylation is 1. The van der Waals surface area contributed by atoms with Crippen LogP contribution in [0.25, 0.3) is 0 Å². The second-order valence-electron chi connectivity index (χ2n) is 6.53. The molecule has 136 valence electrons. The van der Waals surface area contributed by atoms with Crippen molar-refractivity contribution in [3.63, 3.8) is 0 Å². The smallest absolute Gasteiger partial charge is 0.239 e. The molecule has 6 heteroatoms. The zero-order valence-electron chi connectivity index (χ0n) is 14.4. The topological polar surface area (TPSA) is 35.6 Å². The Kier molecular flexibility index (Phi) is 9.06. The van der Waals surface area contributed by atoms with Crippen molar-refractivity contribution in [3.05, 3.63) is 35.4 Å². The second kappa shape index (κ2) is 10.2. The van der Waals surface area contributed by atoms with Gasteiger partial charge in [0.2, 0.25) is 5.91 Å². The molecule has 24 heavy (non-hydrogen) atoms. The summed E-state index contributed by atoms with van der Waals surface area (Å²) in [6.45, 7) is 7.84. The number of piperidine rings is 1. The minimum Gasteiger partial charge on any atom is -0.339 e. The Morgan fingerprint density at radius 3 is 2.46 bits per heavy atom. The fourth-order valence-corrected chi connectivity index (χ4v) is 3.44. The van der Waals surface area contributed by atoms with Gasteiger partial charge < -0.3 is 10.2 Å². The molecule has 0 aromatic heterocycles. The maximum Gasteiger partial charge on any atom is 0.239 e. The highest BCUT2D eigenvalue weighted by molar-refractivity contribution is 5.85. The molecule has 1 atom stereocenters. The predicted octanol–water partition coefficient (Wildman–Crippen LogP) is 2.62. The predicted molar refractivity (Wildman–Crippen MR) is 103 cm³/mol. The molecular weight excluding hydrogens is 345 g/mol. The first-order valence-corrected chi connectivity index (χ1v) is 8.53. The molecule has 1 amide bonds. The van der Waals surface area contributed by atoms with Crippen LogP contribution in [0.3, 0.4) is 0 Å². The first-order valence-electron chi connectivity index (χ1n) is 8.53. The number of halogens is 2. The summed E-state index contributed by atoms with van der Waals surface area (Å²) in [7, 11) is 0. The van der Waals surface area contributed by atoms with E-state index < -0.39 is 0 Å². The van der Waals surface area contributed by atoms with Gasteiger partial charge in [0.15, 0.2) is 0 Å². The fraction of sp³-hybridized carbons (Fsp3) is 0.611. The zero-order valence-corrected chi connectivity index (χ0v) is 16.0. The van der Waals surface area contributed by atoms with Crippen LogP contribution in [0.15, 0.2) is 24.3 Å². The van der Waals surface area contributed by atoms with E-state index in [0.717, 1.165) is 45.7 Å². The van der Waals surface area contributed by atoms with Crippen LogP contribution in [0, 0.1) is 6.92 Å². The summed E-state index contributed by atoms with van der Waals surface area (Å²) < 4.78 is 0. The summed E-state index contributed by atoms with van der Waals surface area (Å²) in [5.41, 5.74) is 2.75. The van der Waals surface area contributed by atoms with Crippen LogP contribution in [-0.4, -0.2) is 54.5 Å². The quantitative estimate of drug-likeness (QED) is 0.884. The minimum absolute atomic E-state index is 0. The monoisotopic (exact) mass is 373 g/mol. The number of rotatable bonds is 3. The Hall–Kier alpha value is -0.810. The lowest BCUT2D eigenvalue weighted by atomic mass is 10.0. The van der Waals surface area contributed by atoms with Crippen molar-refractivity contribution in [1.29, 1.82) is 0 Å². The van der Waals surface area contributed by atoms with Gasteiger partial charge in [-0.15, -0.1) is 24.8 Å². The van der Waals surface area contributed by atoms with Crippen LogP contribution in [-0.2, 0) is 11.3 Å². The van der Waals surface area contributed by atoms with E-state index >= 15 is 0 Å². The average Bonchev–Trinajstić information content (AvgIpc) is 2.58. The molecule has 1 N–H and O–H groups in total. The van der Waals surface area contributed by atoms with E-state index in [1.807, 2.05) is 0 Å². The molecule has 1 aromatic rings. The molecule has 2 aliphatic heterocycles. The van der Waals surface area contributed by atoms with Crippen LogP contribution in [0.5, 0.6) is 0 Å². The molecule has 3 rings (SSSR count). The highest BCUT2D eigenvalue weighted by Gasteiger charge is 2.28. The third-order valence-corrected chi connectivity index (χ3v) is 4.95. The molecule has 1 aromatic carbocycles. The Labute approximate surface area is 157 Å². The summed E-state index contributed by atoms with van der Waals surface area (Å²) in [4.78, 5) is 17.0. The molecule has 1 unspecified atom stereocenters. The number of amides is 1. The van der Waals surface area contributed by atoms with E-state index in [1.54, 1.807) is 0 Å². The van der Waals surface area contributed by atoms with Crippen LogP contribution in [0.1, 0.15) is 30.4 Å². The van der Waals surface area contributed by atoms with Gasteiger partial charge in [-0.25, -0.2) is 0 Å². The second-order valence-corrected chi connectivity index (χ2v) is 6.53. The van der Waals surface area contributed by atoms with Gasteiger partial charge >= 0.3 is 0 Å². The molecule has 0 aliphatic carbocycles. The van der Waals surface area contributed by atoms with E-state index in [4.69, 9.17) is 0 Å². The van der Waals surface area contributed by atoms with Gasteiger partial charge in [-0.1, -0.05) is 30.7 Å². The maximum absolute atomic E-state index is 12.5. The summed E-state index contributed by atoms with van der Waals surface area (Å²) in [5.74, 6) is 0.315. The Morgan fingerprint density at radius 1 is 1.12 bits per heavy atom. The summed E-state index contributed by atoms with van der Waals surface area (Å²) in [6, 6.07) is 8.64. The average molecular weight is 374 g/mol. The number of hydrogen-bond donors (Lipinski definition) is 1. The molecule has 0 spiro atoms. The number of nitrogens with zero attached hydrogens (tertiary/aromatic N) is 2. The first-order chi connectivity index (χ1) is 10.7. The van der Waals surface area contributed by atoms with Gasteiger partial charge in [0.1, 0.15) is 0 Å². The van der Waals surface area contributed by atoms with E-state index in [2.05, 4.69) is 46.3 Å². The third-order valence-electron chi connectivity index (χ3n) is 4.95. The molecule has 2 heterocycles. The highest BCUT2D eigenvalue weighted by Crippen LogP contribution is 2.15. The standard InChI is InChI=1S/C18H27N3O.2ClH/c1-15-6-2-3-7-16(15)14-20-10-12-21(13-11-20)18(22)17-8-4-5-9-19-17;;/h2-3,6-7,17,19H,4-5,8-14H2,1H3;2*1H. The van der Waals surface area contributed by atoms with Crippen molar-refractivity contribution in [2.75, 3.05) is 32.7 Å². The zero-order chi connectivity index (χ0) is 15.4. The van der Waals surface area contributed by atoms with Crippen LogP contribution in [0.2, 0.25) is 0 Å². The van der Waals surface area contributed by atoms with E-state index in [1.165, 1.54) is 24.0 Å². The van der Waals surface area contributed by atoms with Gasteiger partial charge in [-0.2, -0.15) is 0 Å². The number of benzene rings is 1. The van der Waals surface area contributed by atoms with Crippen molar-refractivity contribution in [2.45, 2.75) is 38.8 Å². The number of nitrogens with one attached hydrogen (secondary N) is 1. The molecule has 0 saturated carbocycles. The van der Waals surface area contributed by atoms with Gasteiger partial charge in [0.25, 0.3) is 0 Å². The molecule has 0 radical (unpaired) electrons. The fourth-order valence-electron chi connectivity index (χ4n) is 3.44. The van der Waals surface area contributed by atoms with Crippen LogP contribution >= 0.6 is 24.8 Å². The normalized spacial score (nSPS) is 21.5. The maximum atomic E-state index is 12.5. The van der Waals surface area contributed by atoms with Crippen molar-refractivity contribution in [1.82, 2.24) is 15.1 Å². The van der Waals surface area contributed by atoms with Gasteiger partial charge in [-0.05, 0) is 37.4 Å². The van der Waals surface area contributed by atoms with Gasteiger partial charge in [0.05, 0.1) is 6.04 Å². The van der Waals surface area contributed by atoms with Gasteiger partial charge in [0, 0.05) is 32.7 Å². The van der Waals surface area contributed by atoms with Crippen molar-refractivity contribution >= 4 is 30.7 Å². The van der Waals surface area contributed by atoms with Crippen molar-refractivity contribution in [2.24, 2.45) is 0 Å². The Morgan fingerprint density at radius 2 is 1.83 bits per heavy atom. The number of piperazine rings is 1. The van der Waals surface area contributed by atoms with Gasteiger partial charge in [-0.3, -0.25) is 9.69 Å². The van der Waals surface area contributed by atoms with Crippen LogP contribution < -0.4 is 5.32 Å². The minimum atomic E-state index is 0. The molecule has 4 nitrogen and oxygen atoms in total. The molecule has 2 saturated heterocycles. The Bertz CT molecular complexity index is 513. The van der Waals surface area contributed by atoms with E-state index in [0.29, 0.717) is 5.91 Å². The van der Waals surface area contributed by atoms with E-state index in [9.17, 15) is 4.79 Å². The summed E-state index contributed by atoms with van der Waals surface area (Å²) >= 11 is 0. The summed E-state index contributed by atoms with van der Waals surface area (Å²) in [6.07, 6.45) is 3.38. The first kappa shape index (κ1) is 21.2. The molecule has 2 fully saturated rings. The van der Waals surface area contributed by atoms with Crippen LogP contribution in [0.4, 0.5) is 0 Å². The Balaban J connectivity index is 0.00000144. The largest absolute Gasteiger partial charge is 0.339 e. The van der Waals surface area contributed by atoms with E-state index in [-0.39, 0.29) is 30.9 Å². The lowest BCUT2D eigenvalue weighted by molar-refractivity contribution is -0.135. The lowest BCUT2D eigenvalue weighted by Gasteiger charge is -2.37. The third kappa shape index (κ3) is 5.35. The summed E-state index contributed by atoms with van der Waals surface area (Å²) in [5, 5.41) is 3.37. The lowest BCUT2D eigenvalue weighted by Crippen LogP contribution is -2.54. The van der Waals surface area contributed by atoms with Crippen molar-refractivity contribution < 1.29 is 4.79 Å². The van der Waals surface area contributed by atoms with Crippen molar-refractivity contribution in [3.8, 4) is 0 Å². The number of carbonyl (C=O) groups excluding carboxylic acids is 1. The highest BCUT2D eigenvalue weighted by atomic mass is 35.5. The SMILES string of the molecule is Cc1ccccc1CN1CCN(C(=O)C2CCCCN2)CC1.Cl.Cl. The molecule has 0 bridgehead atoms. The number of carbonyl (C=O) groups is 1. The molecule has 2 aliphatic rings. The molecular formula is C18H29Cl2N3O.